The normalized spacial score (nSPS) is 20.7. The maximum Gasteiger partial charge on any atom is 0.311 e. The summed E-state index contributed by atoms with van der Waals surface area (Å²) in [6.07, 6.45) is 3.91. The molecule has 82 valence electrons. The van der Waals surface area contributed by atoms with Crippen molar-refractivity contribution in [3.05, 3.63) is 18.0 Å². The van der Waals surface area contributed by atoms with Crippen molar-refractivity contribution in [1.82, 2.24) is 9.78 Å². The van der Waals surface area contributed by atoms with E-state index in [-0.39, 0.29) is 0 Å². The molecule has 5 nitrogen and oxygen atoms in total. The second kappa shape index (κ2) is 3.34. The van der Waals surface area contributed by atoms with Crippen molar-refractivity contribution >= 4 is 5.97 Å². The summed E-state index contributed by atoms with van der Waals surface area (Å²) in [5.41, 5.74) is 6.06. The zero-order valence-corrected chi connectivity index (χ0v) is 8.68. The molecule has 0 saturated heterocycles. The number of carbonyl (C=O) groups is 1. The second-order valence-electron chi connectivity index (χ2n) is 4.17. The number of aromatic nitrogens is 2. The monoisotopic (exact) mass is 209 g/mol. The Morgan fingerprint density at radius 2 is 2.40 bits per heavy atom. The van der Waals surface area contributed by atoms with Crippen LogP contribution in [0, 0.1) is 5.41 Å². The Hall–Kier alpha value is -1.36. The molecule has 1 unspecified atom stereocenters. The fourth-order valence-corrected chi connectivity index (χ4v) is 2.19. The minimum atomic E-state index is -0.789. The van der Waals surface area contributed by atoms with Gasteiger partial charge in [-0.15, -0.1) is 0 Å². The standard InChI is InChI=1S/C10H15N3O2/c1-13-7(3-6-12-13)8(11)10(9(14)15)4-2-5-10/h3,6,8H,2,4-5,11H2,1H3,(H,14,15). The predicted molar refractivity (Wildman–Crippen MR) is 54.1 cm³/mol. The highest BCUT2D eigenvalue weighted by Gasteiger charge is 2.50. The van der Waals surface area contributed by atoms with Gasteiger partial charge in [0.1, 0.15) is 0 Å². The molecule has 1 heterocycles. The lowest BCUT2D eigenvalue weighted by Crippen LogP contribution is -2.47. The summed E-state index contributed by atoms with van der Waals surface area (Å²) in [4.78, 5) is 11.2. The highest BCUT2D eigenvalue weighted by Crippen LogP contribution is 2.49. The van der Waals surface area contributed by atoms with Gasteiger partial charge >= 0.3 is 5.97 Å². The van der Waals surface area contributed by atoms with Crippen molar-refractivity contribution in [3.63, 3.8) is 0 Å². The zero-order valence-electron chi connectivity index (χ0n) is 8.68. The maximum atomic E-state index is 11.2. The van der Waals surface area contributed by atoms with Crippen LogP contribution in [0.4, 0.5) is 0 Å². The molecule has 15 heavy (non-hydrogen) atoms. The lowest BCUT2D eigenvalue weighted by Gasteiger charge is -2.42. The molecule has 0 aromatic carbocycles. The van der Waals surface area contributed by atoms with Gasteiger partial charge in [-0.2, -0.15) is 5.10 Å². The average Bonchev–Trinajstić information content (AvgIpc) is 2.48. The van der Waals surface area contributed by atoms with Crippen LogP contribution in [0.5, 0.6) is 0 Å². The Balaban J connectivity index is 2.31. The molecule has 5 heteroatoms. The Kier molecular flexibility index (Phi) is 2.26. The van der Waals surface area contributed by atoms with Crippen LogP contribution in [0.3, 0.4) is 0 Å². The van der Waals surface area contributed by atoms with Gasteiger partial charge in [-0.1, -0.05) is 6.42 Å². The number of aryl methyl sites for hydroxylation is 1. The SMILES string of the molecule is Cn1nccc1C(N)C1(C(=O)O)CCC1. The molecule has 1 aliphatic rings. The fourth-order valence-electron chi connectivity index (χ4n) is 2.19. The first kappa shape index (κ1) is 10.2. The molecule has 0 radical (unpaired) electrons. The van der Waals surface area contributed by atoms with E-state index in [1.807, 2.05) is 0 Å². The van der Waals surface area contributed by atoms with Crippen molar-refractivity contribution < 1.29 is 9.90 Å². The molecule has 0 aliphatic heterocycles. The molecular formula is C10H15N3O2. The fraction of sp³-hybridized carbons (Fsp3) is 0.600. The first-order valence-corrected chi connectivity index (χ1v) is 5.05. The van der Waals surface area contributed by atoms with Gasteiger partial charge in [0, 0.05) is 13.2 Å². The van der Waals surface area contributed by atoms with Crippen LogP contribution in [0.2, 0.25) is 0 Å². The van der Waals surface area contributed by atoms with E-state index in [4.69, 9.17) is 5.73 Å². The third-order valence-electron chi connectivity index (χ3n) is 3.44. The minimum absolute atomic E-state index is 0.462. The van der Waals surface area contributed by atoms with Gasteiger partial charge in [0.25, 0.3) is 0 Å². The highest BCUT2D eigenvalue weighted by molar-refractivity contribution is 5.77. The number of aliphatic carboxylic acids is 1. The van der Waals surface area contributed by atoms with Crippen LogP contribution in [0.15, 0.2) is 12.3 Å². The number of hydrogen-bond donors (Lipinski definition) is 2. The summed E-state index contributed by atoms with van der Waals surface area (Å²) < 4.78 is 1.65. The second-order valence-corrected chi connectivity index (χ2v) is 4.17. The third kappa shape index (κ3) is 1.34. The molecule has 1 atom stereocenters. The van der Waals surface area contributed by atoms with Gasteiger partial charge in [-0.25, -0.2) is 0 Å². The van der Waals surface area contributed by atoms with E-state index in [2.05, 4.69) is 5.10 Å². The maximum absolute atomic E-state index is 11.2. The largest absolute Gasteiger partial charge is 0.481 e. The molecular weight excluding hydrogens is 194 g/mol. The molecule has 0 spiro atoms. The number of carboxylic acid groups (broad SMARTS) is 1. The molecule has 0 bridgehead atoms. The molecule has 3 N–H and O–H groups in total. The molecule has 0 amide bonds. The quantitative estimate of drug-likeness (QED) is 0.766. The smallest absolute Gasteiger partial charge is 0.311 e. The van der Waals surface area contributed by atoms with E-state index in [1.165, 1.54) is 0 Å². The molecule has 1 fully saturated rings. The van der Waals surface area contributed by atoms with E-state index >= 15 is 0 Å². The lowest BCUT2D eigenvalue weighted by molar-refractivity contribution is -0.156. The average molecular weight is 209 g/mol. The molecule has 2 rings (SSSR count). The summed E-state index contributed by atoms with van der Waals surface area (Å²) in [5, 5.41) is 13.2. The van der Waals surface area contributed by atoms with Gasteiger partial charge in [-0.3, -0.25) is 9.48 Å². The van der Waals surface area contributed by atoms with Crippen molar-refractivity contribution in [3.8, 4) is 0 Å². The molecule has 1 aliphatic carbocycles. The van der Waals surface area contributed by atoms with Crippen LogP contribution in [-0.4, -0.2) is 20.9 Å². The summed E-state index contributed by atoms with van der Waals surface area (Å²) in [5.74, 6) is -0.789. The number of rotatable bonds is 3. The Morgan fingerprint density at radius 1 is 1.73 bits per heavy atom. The van der Waals surface area contributed by atoms with Gasteiger partial charge in [0.05, 0.1) is 17.2 Å². The van der Waals surface area contributed by atoms with Crippen molar-refractivity contribution in [2.75, 3.05) is 0 Å². The summed E-state index contributed by atoms with van der Waals surface area (Å²) in [6.45, 7) is 0. The van der Waals surface area contributed by atoms with Crippen LogP contribution < -0.4 is 5.73 Å². The van der Waals surface area contributed by atoms with Crippen LogP contribution in [0.1, 0.15) is 31.0 Å². The van der Waals surface area contributed by atoms with Gasteiger partial charge in [0.15, 0.2) is 0 Å². The summed E-state index contributed by atoms with van der Waals surface area (Å²) >= 11 is 0. The summed E-state index contributed by atoms with van der Waals surface area (Å²) in [7, 11) is 1.78. The van der Waals surface area contributed by atoms with E-state index in [0.29, 0.717) is 12.8 Å². The van der Waals surface area contributed by atoms with Crippen LogP contribution >= 0.6 is 0 Å². The van der Waals surface area contributed by atoms with Gasteiger partial charge < -0.3 is 10.8 Å². The number of nitrogens with two attached hydrogens (primary N) is 1. The predicted octanol–water partition coefficient (Wildman–Crippen LogP) is 0.675. The summed E-state index contributed by atoms with van der Waals surface area (Å²) in [6, 6.07) is 1.32. The number of carboxylic acids is 1. The molecule has 1 aromatic rings. The zero-order chi connectivity index (χ0) is 11.1. The van der Waals surface area contributed by atoms with Crippen molar-refractivity contribution in [2.45, 2.75) is 25.3 Å². The topological polar surface area (TPSA) is 81.1 Å². The molecule has 1 saturated carbocycles. The Bertz CT molecular complexity index is 382. The first-order chi connectivity index (χ1) is 7.08. The lowest BCUT2D eigenvalue weighted by atomic mass is 9.63. The van der Waals surface area contributed by atoms with Crippen LogP contribution in [0.25, 0.3) is 0 Å². The van der Waals surface area contributed by atoms with Gasteiger partial charge in [-0.05, 0) is 18.9 Å². The Labute approximate surface area is 87.9 Å². The molecule has 1 aromatic heterocycles. The van der Waals surface area contributed by atoms with Gasteiger partial charge in [0.2, 0.25) is 0 Å². The number of hydrogen-bond acceptors (Lipinski definition) is 3. The third-order valence-corrected chi connectivity index (χ3v) is 3.44. The van der Waals surface area contributed by atoms with Crippen molar-refractivity contribution in [2.24, 2.45) is 18.2 Å². The Morgan fingerprint density at radius 3 is 2.73 bits per heavy atom. The van der Waals surface area contributed by atoms with Crippen molar-refractivity contribution in [1.29, 1.82) is 0 Å². The van der Waals surface area contributed by atoms with E-state index < -0.39 is 17.4 Å². The van der Waals surface area contributed by atoms with E-state index in [9.17, 15) is 9.90 Å². The van der Waals surface area contributed by atoms with Crippen LogP contribution in [-0.2, 0) is 11.8 Å². The first-order valence-electron chi connectivity index (χ1n) is 5.05. The number of nitrogens with zero attached hydrogens (tertiary/aromatic N) is 2. The highest BCUT2D eigenvalue weighted by atomic mass is 16.4. The van der Waals surface area contributed by atoms with E-state index in [1.54, 1.807) is 24.0 Å². The van der Waals surface area contributed by atoms with E-state index in [0.717, 1.165) is 12.1 Å². The minimum Gasteiger partial charge on any atom is -0.481 e.